The second kappa shape index (κ2) is 5.91. The fraction of sp³-hybridized carbons (Fsp3) is 0.438. The van der Waals surface area contributed by atoms with Gasteiger partial charge in [-0.25, -0.2) is 0 Å². The van der Waals surface area contributed by atoms with Crippen LogP contribution in [0, 0.1) is 5.92 Å². The van der Waals surface area contributed by atoms with Gasteiger partial charge in [0.2, 0.25) is 5.91 Å². The Labute approximate surface area is 133 Å². The van der Waals surface area contributed by atoms with E-state index in [1.165, 1.54) is 0 Å². The van der Waals surface area contributed by atoms with Crippen LogP contribution in [0.1, 0.15) is 23.2 Å². The van der Waals surface area contributed by atoms with E-state index in [2.05, 4.69) is 5.32 Å². The molecule has 2 amide bonds. The highest BCUT2D eigenvalue weighted by molar-refractivity contribution is 6.01. The van der Waals surface area contributed by atoms with Crippen LogP contribution < -0.4 is 10.2 Å². The first-order valence-corrected chi connectivity index (χ1v) is 7.63. The molecule has 2 N–H and O–H groups in total. The second-order valence-electron chi connectivity index (χ2n) is 6.03. The Kier molecular flexibility index (Phi) is 3.94. The summed E-state index contributed by atoms with van der Waals surface area (Å²) in [7, 11) is 1.90. The van der Waals surface area contributed by atoms with Gasteiger partial charge < -0.3 is 20.2 Å². The molecule has 0 bridgehead atoms. The Morgan fingerprint density at radius 1 is 1.30 bits per heavy atom. The highest BCUT2D eigenvalue weighted by Crippen LogP contribution is 2.30. The number of nitrogens with one attached hydrogen (secondary N) is 1. The maximum Gasteiger partial charge on any atom is 0.308 e. The predicted octanol–water partition coefficient (Wildman–Crippen LogP) is 1.01. The predicted molar refractivity (Wildman–Crippen MR) is 84.6 cm³/mol. The largest absolute Gasteiger partial charge is 0.481 e. The van der Waals surface area contributed by atoms with Crippen molar-refractivity contribution < 1.29 is 19.5 Å². The Morgan fingerprint density at radius 3 is 2.78 bits per heavy atom. The van der Waals surface area contributed by atoms with Crippen LogP contribution in [-0.4, -0.2) is 54.5 Å². The number of amides is 2. The van der Waals surface area contributed by atoms with E-state index < -0.39 is 11.9 Å². The standard InChI is InChI=1S/C16H19N3O4/c1-18-6-5-14(20)17-12-8-10(2-3-13(12)18)15(21)19-7-4-11(9-19)16(22)23/h2-3,8,11H,4-7,9H2,1H3,(H,17,20)(H,22,23). The van der Waals surface area contributed by atoms with Crippen LogP contribution in [0.3, 0.4) is 0 Å². The summed E-state index contributed by atoms with van der Waals surface area (Å²) in [4.78, 5) is 38.9. The van der Waals surface area contributed by atoms with E-state index in [1.807, 2.05) is 18.0 Å². The monoisotopic (exact) mass is 317 g/mol. The number of likely N-dealkylation sites (tertiary alicyclic amines) is 1. The first-order valence-electron chi connectivity index (χ1n) is 7.63. The average molecular weight is 317 g/mol. The molecular formula is C16H19N3O4. The van der Waals surface area contributed by atoms with Gasteiger partial charge in [0.25, 0.3) is 5.91 Å². The van der Waals surface area contributed by atoms with Gasteiger partial charge in [0, 0.05) is 38.7 Å². The van der Waals surface area contributed by atoms with E-state index in [1.54, 1.807) is 17.0 Å². The molecule has 1 unspecified atom stereocenters. The number of rotatable bonds is 2. The summed E-state index contributed by atoms with van der Waals surface area (Å²) in [5.74, 6) is -1.63. The van der Waals surface area contributed by atoms with Crippen LogP contribution in [0.5, 0.6) is 0 Å². The maximum atomic E-state index is 12.6. The molecule has 0 saturated carbocycles. The number of anilines is 2. The molecule has 1 atom stereocenters. The number of carboxylic acid groups (broad SMARTS) is 1. The third-order valence-electron chi connectivity index (χ3n) is 4.43. The molecule has 0 aromatic heterocycles. The lowest BCUT2D eigenvalue weighted by molar-refractivity contribution is -0.141. The van der Waals surface area contributed by atoms with Crippen LogP contribution in [0.15, 0.2) is 18.2 Å². The van der Waals surface area contributed by atoms with Crippen molar-refractivity contribution in [3.05, 3.63) is 23.8 Å². The van der Waals surface area contributed by atoms with Gasteiger partial charge in [-0.2, -0.15) is 0 Å². The zero-order valence-electron chi connectivity index (χ0n) is 12.9. The number of hydrogen-bond acceptors (Lipinski definition) is 4. The second-order valence-corrected chi connectivity index (χ2v) is 6.03. The van der Waals surface area contributed by atoms with E-state index in [0.29, 0.717) is 37.2 Å². The summed E-state index contributed by atoms with van der Waals surface area (Å²) in [6.07, 6.45) is 0.881. The lowest BCUT2D eigenvalue weighted by Crippen LogP contribution is -2.30. The van der Waals surface area contributed by atoms with Crippen LogP contribution in [0.4, 0.5) is 11.4 Å². The van der Waals surface area contributed by atoms with Gasteiger partial charge in [0.1, 0.15) is 0 Å². The zero-order valence-corrected chi connectivity index (χ0v) is 12.9. The first-order chi connectivity index (χ1) is 11.0. The number of aliphatic carboxylic acids is 1. The minimum absolute atomic E-state index is 0.0766. The molecule has 1 aromatic rings. The number of carbonyl (C=O) groups is 3. The van der Waals surface area contributed by atoms with Gasteiger partial charge in [-0.3, -0.25) is 14.4 Å². The third kappa shape index (κ3) is 2.99. The van der Waals surface area contributed by atoms with E-state index in [9.17, 15) is 14.4 Å². The first kappa shape index (κ1) is 15.3. The smallest absolute Gasteiger partial charge is 0.308 e. The SMILES string of the molecule is CN1CCC(=O)Nc2cc(C(=O)N3CCC(C(=O)O)C3)ccc21. The molecule has 122 valence electrons. The van der Waals surface area contributed by atoms with Crippen LogP contribution >= 0.6 is 0 Å². The maximum absolute atomic E-state index is 12.6. The summed E-state index contributed by atoms with van der Waals surface area (Å²) < 4.78 is 0. The molecule has 1 saturated heterocycles. The van der Waals surface area contributed by atoms with Gasteiger partial charge in [-0.1, -0.05) is 0 Å². The molecule has 23 heavy (non-hydrogen) atoms. The highest BCUT2D eigenvalue weighted by atomic mass is 16.4. The van der Waals surface area contributed by atoms with E-state index in [4.69, 9.17) is 5.11 Å². The normalized spacial score (nSPS) is 20.7. The fourth-order valence-corrected chi connectivity index (χ4v) is 3.03. The van der Waals surface area contributed by atoms with Gasteiger partial charge in [-0.05, 0) is 24.6 Å². The Morgan fingerprint density at radius 2 is 2.09 bits per heavy atom. The minimum atomic E-state index is -0.865. The number of carbonyl (C=O) groups excluding carboxylic acids is 2. The van der Waals surface area contributed by atoms with Gasteiger partial charge in [0.15, 0.2) is 0 Å². The molecular weight excluding hydrogens is 298 g/mol. The Balaban J connectivity index is 1.83. The van der Waals surface area contributed by atoms with Crippen molar-refractivity contribution in [2.45, 2.75) is 12.8 Å². The summed E-state index contributed by atoms with van der Waals surface area (Å²) >= 11 is 0. The molecule has 2 aliphatic rings. The summed E-state index contributed by atoms with van der Waals surface area (Å²) in [5.41, 5.74) is 1.96. The molecule has 0 radical (unpaired) electrons. The van der Waals surface area contributed by atoms with Crippen molar-refractivity contribution in [3.63, 3.8) is 0 Å². The van der Waals surface area contributed by atoms with Crippen molar-refractivity contribution in [2.75, 3.05) is 36.9 Å². The van der Waals surface area contributed by atoms with E-state index >= 15 is 0 Å². The van der Waals surface area contributed by atoms with Crippen molar-refractivity contribution in [1.29, 1.82) is 0 Å². The quantitative estimate of drug-likeness (QED) is 0.850. The van der Waals surface area contributed by atoms with Gasteiger partial charge in [-0.15, -0.1) is 0 Å². The zero-order chi connectivity index (χ0) is 16.6. The number of carboxylic acids is 1. The molecule has 1 aromatic carbocycles. The number of nitrogens with zero attached hydrogens (tertiary/aromatic N) is 2. The van der Waals surface area contributed by atoms with Crippen molar-refractivity contribution in [3.8, 4) is 0 Å². The fourth-order valence-electron chi connectivity index (χ4n) is 3.03. The Hall–Kier alpha value is -2.57. The average Bonchev–Trinajstić information content (AvgIpc) is 2.97. The van der Waals surface area contributed by atoms with E-state index in [0.717, 1.165) is 5.69 Å². The molecule has 0 aliphatic carbocycles. The molecule has 7 nitrogen and oxygen atoms in total. The van der Waals surface area contributed by atoms with Gasteiger partial charge in [0.05, 0.1) is 17.3 Å². The lowest BCUT2D eigenvalue weighted by atomic mass is 10.1. The summed E-state index contributed by atoms with van der Waals surface area (Å²) in [6.45, 7) is 1.30. The lowest BCUT2D eigenvalue weighted by Gasteiger charge is -2.20. The number of hydrogen-bond donors (Lipinski definition) is 2. The molecule has 3 rings (SSSR count). The minimum Gasteiger partial charge on any atom is -0.481 e. The Bertz CT molecular complexity index is 673. The summed E-state index contributed by atoms with van der Waals surface area (Å²) in [5, 5.41) is 11.9. The summed E-state index contributed by atoms with van der Waals surface area (Å²) in [6, 6.07) is 5.22. The van der Waals surface area contributed by atoms with E-state index in [-0.39, 0.29) is 18.4 Å². The molecule has 2 heterocycles. The number of fused-ring (bicyclic) bond motifs is 1. The molecule has 7 heteroatoms. The van der Waals surface area contributed by atoms with Crippen LogP contribution in [-0.2, 0) is 9.59 Å². The van der Waals surface area contributed by atoms with Crippen molar-refractivity contribution in [2.24, 2.45) is 5.92 Å². The molecule has 1 fully saturated rings. The topological polar surface area (TPSA) is 90.0 Å². The van der Waals surface area contributed by atoms with Crippen molar-refractivity contribution in [1.82, 2.24) is 4.90 Å². The highest BCUT2D eigenvalue weighted by Gasteiger charge is 2.31. The van der Waals surface area contributed by atoms with Gasteiger partial charge >= 0.3 is 5.97 Å². The van der Waals surface area contributed by atoms with Crippen LogP contribution in [0.25, 0.3) is 0 Å². The van der Waals surface area contributed by atoms with Crippen molar-refractivity contribution >= 4 is 29.2 Å². The molecule has 2 aliphatic heterocycles. The number of benzene rings is 1. The molecule has 0 spiro atoms. The third-order valence-corrected chi connectivity index (χ3v) is 4.43. The van der Waals surface area contributed by atoms with Crippen LogP contribution in [0.2, 0.25) is 0 Å².